The molecule has 1 saturated heterocycles. The first kappa shape index (κ1) is 17.9. The van der Waals surface area contributed by atoms with Crippen LogP contribution in [0.3, 0.4) is 0 Å². The van der Waals surface area contributed by atoms with Crippen molar-refractivity contribution in [3.63, 3.8) is 0 Å². The smallest absolute Gasteiger partial charge is 0.0720 e. The molecule has 1 heterocycles. The molecule has 1 aliphatic carbocycles. The van der Waals surface area contributed by atoms with Crippen molar-refractivity contribution >= 4 is 0 Å². The predicted molar refractivity (Wildman–Crippen MR) is 94.8 cm³/mol. The largest absolute Gasteiger partial charge is 0.396 e. The fraction of sp³-hybridized carbons (Fsp3) is 0.700. The minimum Gasteiger partial charge on any atom is -0.396 e. The van der Waals surface area contributed by atoms with Gasteiger partial charge in [0.2, 0.25) is 0 Å². The molecule has 1 aromatic carbocycles. The van der Waals surface area contributed by atoms with E-state index in [1.807, 2.05) is 6.07 Å². The summed E-state index contributed by atoms with van der Waals surface area (Å²) in [6, 6.07) is 10.8. The zero-order chi connectivity index (χ0) is 17.0. The van der Waals surface area contributed by atoms with Crippen molar-refractivity contribution in [3.8, 4) is 0 Å². The predicted octanol–water partition coefficient (Wildman–Crippen LogP) is 2.75. The van der Waals surface area contributed by atoms with E-state index in [2.05, 4.69) is 43.4 Å². The molecule has 1 aromatic rings. The normalized spacial score (nSPS) is 28.3. The second-order valence-electron chi connectivity index (χ2n) is 8.05. The SMILES string of the molecule is CC1(C)C(NCC2(CO)CCOCC2)CC1OCc1ccccc1. The van der Waals surface area contributed by atoms with E-state index in [1.54, 1.807) is 0 Å². The Kier molecular flexibility index (Phi) is 5.60. The zero-order valence-corrected chi connectivity index (χ0v) is 15.0. The van der Waals surface area contributed by atoms with Gasteiger partial charge in [-0.1, -0.05) is 44.2 Å². The van der Waals surface area contributed by atoms with E-state index in [1.165, 1.54) is 5.56 Å². The maximum Gasteiger partial charge on any atom is 0.0720 e. The number of aliphatic hydroxyl groups is 1. The number of hydrogen-bond donors (Lipinski definition) is 2. The van der Waals surface area contributed by atoms with Crippen LogP contribution in [-0.4, -0.2) is 43.6 Å². The van der Waals surface area contributed by atoms with Gasteiger partial charge in [-0.3, -0.25) is 0 Å². The lowest BCUT2D eigenvalue weighted by molar-refractivity contribution is -0.128. The molecule has 24 heavy (non-hydrogen) atoms. The summed E-state index contributed by atoms with van der Waals surface area (Å²) in [6.45, 7) is 7.87. The molecule has 0 radical (unpaired) electrons. The molecule has 1 saturated carbocycles. The molecular formula is C20H31NO3. The highest BCUT2D eigenvalue weighted by molar-refractivity contribution is 5.14. The molecule has 0 bridgehead atoms. The van der Waals surface area contributed by atoms with Gasteiger partial charge < -0.3 is 19.9 Å². The third kappa shape index (κ3) is 3.83. The van der Waals surface area contributed by atoms with Gasteiger partial charge in [-0.25, -0.2) is 0 Å². The lowest BCUT2D eigenvalue weighted by Crippen LogP contribution is -2.62. The molecule has 2 aliphatic rings. The topological polar surface area (TPSA) is 50.7 Å². The van der Waals surface area contributed by atoms with Gasteiger partial charge in [0.05, 0.1) is 19.3 Å². The summed E-state index contributed by atoms with van der Waals surface area (Å²) in [4.78, 5) is 0. The van der Waals surface area contributed by atoms with E-state index < -0.39 is 0 Å². The molecule has 134 valence electrons. The summed E-state index contributed by atoms with van der Waals surface area (Å²) >= 11 is 0. The average Bonchev–Trinajstić information content (AvgIpc) is 2.62. The van der Waals surface area contributed by atoms with E-state index in [-0.39, 0.29) is 23.5 Å². The van der Waals surface area contributed by atoms with E-state index in [0.717, 1.165) is 39.0 Å². The van der Waals surface area contributed by atoms with Gasteiger partial charge in [0.1, 0.15) is 0 Å². The minimum atomic E-state index is -0.00961. The van der Waals surface area contributed by atoms with Crippen LogP contribution in [0.25, 0.3) is 0 Å². The molecule has 2 unspecified atom stereocenters. The second kappa shape index (κ2) is 7.52. The summed E-state index contributed by atoms with van der Waals surface area (Å²) in [7, 11) is 0. The number of hydrogen-bond acceptors (Lipinski definition) is 4. The van der Waals surface area contributed by atoms with Crippen molar-refractivity contribution in [1.29, 1.82) is 0 Å². The second-order valence-corrected chi connectivity index (χ2v) is 8.05. The number of rotatable bonds is 7. The highest BCUT2D eigenvalue weighted by Crippen LogP contribution is 2.43. The number of nitrogens with one attached hydrogen (secondary N) is 1. The molecule has 0 spiro atoms. The van der Waals surface area contributed by atoms with Crippen molar-refractivity contribution in [2.45, 2.75) is 51.9 Å². The van der Waals surface area contributed by atoms with Crippen LogP contribution in [0.1, 0.15) is 38.7 Å². The van der Waals surface area contributed by atoms with Gasteiger partial charge in [-0.05, 0) is 24.8 Å². The lowest BCUT2D eigenvalue weighted by Gasteiger charge is -2.53. The fourth-order valence-corrected chi connectivity index (χ4v) is 3.82. The summed E-state index contributed by atoms with van der Waals surface area (Å²) in [5.74, 6) is 0. The molecular weight excluding hydrogens is 302 g/mol. The van der Waals surface area contributed by atoms with Crippen molar-refractivity contribution in [1.82, 2.24) is 5.32 Å². The minimum absolute atomic E-state index is 0.00961. The van der Waals surface area contributed by atoms with E-state index >= 15 is 0 Å². The Labute approximate surface area is 145 Å². The average molecular weight is 333 g/mol. The summed E-state index contributed by atoms with van der Waals surface area (Å²) in [5, 5.41) is 13.5. The van der Waals surface area contributed by atoms with E-state index in [4.69, 9.17) is 9.47 Å². The van der Waals surface area contributed by atoms with Crippen LogP contribution in [0.5, 0.6) is 0 Å². The van der Waals surface area contributed by atoms with Gasteiger partial charge in [0.25, 0.3) is 0 Å². The Balaban J connectivity index is 1.47. The molecule has 0 amide bonds. The summed E-state index contributed by atoms with van der Waals surface area (Å²) < 4.78 is 11.6. The highest BCUT2D eigenvalue weighted by Gasteiger charge is 2.49. The van der Waals surface area contributed by atoms with Crippen LogP contribution in [-0.2, 0) is 16.1 Å². The maximum atomic E-state index is 9.82. The summed E-state index contributed by atoms with van der Waals surface area (Å²) in [6.07, 6.45) is 3.21. The Morgan fingerprint density at radius 3 is 2.54 bits per heavy atom. The molecule has 4 heteroatoms. The van der Waals surface area contributed by atoms with Crippen LogP contribution < -0.4 is 5.32 Å². The maximum absolute atomic E-state index is 9.82. The van der Waals surface area contributed by atoms with Crippen molar-refractivity contribution < 1.29 is 14.6 Å². The van der Waals surface area contributed by atoms with Crippen LogP contribution >= 0.6 is 0 Å². The lowest BCUT2D eigenvalue weighted by atomic mass is 9.64. The first-order valence-electron chi connectivity index (χ1n) is 9.13. The van der Waals surface area contributed by atoms with E-state index in [0.29, 0.717) is 12.6 Å². The van der Waals surface area contributed by atoms with Gasteiger partial charge in [0, 0.05) is 36.6 Å². The molecule has 4 nitrogen and oxygen atoms in total. The number of aliphatic hydroxyl groups excluding tert-OH is 1. The Morgan fingerprint density at radius 2 is 1.92 bits per heavy atom. The quantitative estimate of drug-likeness (QED) is 0.806. The van der Waals surface area contributed by atoms with Crippen LogP contribution in [0.2, 0.25) is 0 Å². The first-order chi connectivity index (χ1) is 11.6. The Morgan fingerprint density at radius 1 is 1.21 bits per heavy atom. The molecule has 1 aliphatic heterocycles. The molecule has 3 rings (SSSR count). The zero-order valence-electron chi connectivity index (χ0n) is 15.0. The van der Waals surface area contributed by atoms with Gasteiger partial charge in [-0.2, -0.15) is 0 Å². The Hall–Kier alpha value is -0.940. The molecule has 2 atom stereocenters. The van der Waals surface area contributed by atoms with Gasteiger partial charge in [0.15, 0.2) is 0 Å². The third-order valence-corrected chi connectivity index (χ3v) is 6.08. The van der Waals surface area contributed by atoms with Crippen molar-refractivity contribution in [3.05, 3.63) is 35.9 Å². The highest BCUT2D eigenvalue weighted by atomic mass is 16.5. The third-order valence-electron chi connectivity index (χ3n) is 6.08. The van der Waals surface area contributed by atoms with Gasteiger partial charge >= 0.3 is 0 Å². The first-order valence-corrected chi connectivity index (χ1v) is 9.13. The van der Waals surface area contributed by atoms with Gasteiger partial charge in [-0.15, -0.1) is 0 Å². The standard InChI is InChI=1S/C20H31NO3/c1-19(2)17(21-14-20(15-22)8-10-23-11-9-20)12-18(19)24-13-16-6-4-3-5-7-16/h3-7,17-18,21-22H,8-15H2,1-2H3. The summed E-state index contributed by atoms with van der Waals surface area (Å²) in [5.41, 5.74) is 1.34. The number of ether oxygens (including phenoxy) is 2. The fourth-order valence-electron chi connectivity index (χ4n) is 3.82. The van der Waals surface area contributed by atoms with Crippen LogP contribution in [0, 0.1) is 10.8 Å². The number of benzene rings is 1. The molecule has 2 fully saturated rings. The van der Waals surface area contributed by atoms with Crippen molar-refractivity contribution in [2.24, 2.45) is 10.8 Å². The van der Waals surface area contributed by atoms with E-state index in [9.17, 15) is 5.11 Å². The van der Waals surface area contributed by atoms with Crippen LogP contribution in [0.4, 0.5) is 0 Å². The Bertz CT molecular complexity index is 511. The van der Waals surface area contributed by atoms with Crippen LogP contribution in [0.15, 0.2) is 30.3 Å². The monoisotopic (exact) mass is 333 g/mol. The molecule has 0 aromatic heterocycles. The van der Waals surface area contributed by atoms with Crippen molar-refractivity contribution in [2.75, 3.05) is 26.4 Å². The molecule has 2 N–H and O–H groups in total.